The second-order valence-electron chi connectivity index (χ2n) is 7.18. The maximum Gasteiger partial charge on any atom is 0.313 e. The van der Waals surface area contributed by atoms with E-state index in [0.29, 0.717) is 22.5 Å². The van der Waals surface area contributed by atoms with Gasteiger partial charge in [-0.2, -0.15) is 40.7 Å². The van der Waals surface area contributed by atoms with Gasteiger partial charge in [-0.15, -0.1) is 5.11 Å². The van der Waals surface area contributed by atoms with Crippen LogP contribution in [0.5, 0.6) is 0 Å². The number of hydrogen-bond donors (Lipinski definition) is 4. The van der Waals surface area contributed by atoms with Crippen molar-refractivity contribution in [2.75, 3.05) is 16.5 Å². The molecule has 0 saturated carbocycles. The Kier molecular flexibility index (Phi) is 7.39. The van der Waals surface area contributed by atoms with Gasteiger partial charge in [0.2, 0.25) is 5.95 Å². The van der Waals surface area contributed by atoms with Gasteiger partial charge in [0.1, 0.15) is 22.3 Å². The Balaban J connectivity index is 1.96. The van der Waals surface area contributed by atoms with Crippen molar-refractivity contribution in [3.63, 3.8) is 0 Å². The van der Waals surface area contributed by atoms with Crippen LogP contribution in [0.4, 0.5) is 37.3 Å². The third-order valence-electron chi connectivity index (χ3n) is 4.43. The second-order valence-corrected chi connectivity index (χ2v) is 10.0. The third kappa shape index (κ3) is 7.19. The fraction of sp³-hybridized carbons (Fsp3) is 0.158. The fourth-order valence-corrected chi connectivity index (χ4v) is 3.81. The molecule has 0 radical (unpaired) electrons. The molecule has 0 aliphatic carbocycles. The van der Waals surface area contributed by atoms with Gasteiger partial charge < -0.3 is 10.6 Å². The Morgan fingerprint density at radius 2 is 1.60 bits per heavy atom. The minimum Gasteiger partial charge on any atom is -0.369 e. The first-order chi connectivity index (χ1) is 16.2. The number of nitrogens with zero attached hydrogens (tertiary/aromatic N) is 4. The molecule has 12 nitrogen and oxygen atoms in total. The minimum atomic E-state index is -4.70. The number of azo groups is 1. The molecule has 0 aliphatic rings. The number of nitrogens with one attached hydrogen (secondary N) is 2. The summed E-state index contributed by atoms with van der Waals surface area (Å²) < 4.78 is 90.5. The zero-order chi connectivity index (χ0) is 26.0. The SMILES string of the molecule is Cc1cc(NCS(=O)(=O)O)c(C)cc1/N=N/c1cc(Nc2cc(F)nc(F)n2)ccc1S(=O)(=O)O. The topological polar surface area (TPSA) is 183 Å². The predicted octanol–water partition coefficient (Wildman–Crippen LogP) is 4.03. The number of rotatable bonds is 8. The maximum atomic E-state index is 13.3. The third-order valence-corrected chi connectivity index (χ3v) is 5.84. The maximum absolute atomic E-state index is 13.3. The molecule has 0 amide bonds. The molecule has 0 unspecified atom stereocenters. The molecule has 1 heterocycles. The molecule has 0 atom stereocenters. The Bertz CT molecular complexity index is 1510. The second kappa shape index (κ2) is 9.95. The molecule has 16 heteroatoms. The molecule has 2 aromatic carbocycles. The lowest BCUT2D eigenvalue weighted by Crippen LogP contribution is -2.13. The molecular formula is C19H18F2N6O6S2. The fourth-order valence-electron chi connectivity index (χ4n) is 2.87. The van der Waals surface area contributed by atoms with Crippen LogP contribution in [0.25, 0.3) is 0 Å². The molecule has 1 aromatic heterocycles. The Labute approximate surface area is 198 Å². The van der Waals surface area contributed by atoms with Gasteiger partial charge in [0.25, 0.3) is 20.2 Å². The summed E-state index contributed by atoms with van der Waals surface area (Å²) in [6.07, 6.45) is -1.32. The molecule has 186 valence electrons. The lowest BCUT2D eigenvalue weighted by molar-refractivity contribution is 0.482. The van der Waals surface area contributed by atoms with Gasteiger partial charge >= 0.3 is 6.08 Å². The number of aryl methyl sites for hydroxylation is 2. The highest BCUT2D eigenvalue weighted by Gasteiger charge is 2.17. The zero-order valence-electron chi connectivity index (χ0n) is 18.1. The Morgan fingerprint density at radius 1 is 0.914 bits per heavy atom. The van der Waals surface area contributed by atoms with Gasteiger partial charge in [0, 0.05) is 17.4 Å². The van der Waals surface area contributed by atoms with Gasteiger partial charge in [-0.3, -0.25) is 9.11 Å². The molecule has 3 rings (SSSR count). The van der Waals surface area contributed by atoms with E-state index in [-0.39, 0.29) is 17.2 Å². The molecule has 0 aliphatic heterocycles. The standard InChI is InChI=1S/C19H18F2N6O6S2/c1-10-6-14(11(2)5-13(10)22-9-34(28,29)30)26-27-15-7-12(3-4-16(15)35(31,32)33)23-18-8-17(20)24-19(21)25-18/h3-8,22H,9H2,1-2H3,(H,23,24,25)(H,28,29,30)(H,31,32,33)/b27-26+. The van der Waals surface area contributed by atoms with E-state index >= 15 is 0 Å². The van der Waals surface area contributed by atoms with Gasteiger partial charge in [-0.25, -0.2) is 0 Å². The number of halogens is 2. The van der Waals surface area contributed by atoms with Crippen LogP contribution in [0.1, 0.15) is 11.1 Å². The molecule has 0 spiro atoms. The Hall–Kier alpha value is -3.60. The summed E-state index contributed by atoms with van der Waals surface area (Å²) in [6, 6.07) is 7.28. The first-order valence-electron chi connectivity index (χ1n) is 9.52. The first kappa shape index (κ1) is 26.0. The normalized spacial score (nSPS) is 12.2. The van der Waals surface area contributed by atoms with Crippen LogP contribution in [0.15, 0.2) is 51.5 Å². The number of anilines is 3. The summed E-state index contributed by atoms with van der Waals surface area (Å²) in [6.45, 7) is 3.27. The predicted molar refractivity (Wildman–Crippen MR) is 122 cm³/mol. The van der Waals surface area contributed by atoms with Crippen molar-refractivity contribution >= 4 is 48.8 Å². The molecule has 3 aromatic rings. The van der Waals surface area contributed by atoms with Crippen LogP contribution in [-0.2, 0) is 20.2 Å². The zero-order valence-corrected chi connectivity index (χ0v) is 19.7. The molecule has 0 fully saturated rings. The molecular weight excluding hydrogens is 510 g/mol. The quantitative estimate of drug-likeness (QED) is 0.144. The van der Waals surface area contributed by atoms with Gasteiger partial charge in [-0.1, -0.05) is 0 Å². The van der Waals surface area contributed by atoms with Crippen LogP contribution in [0.3, 0.4) is 0 Å². The highest BCUT2D eigenvalue weighted by molar-refractivity contribution is 7.86. The van der Waals surface area contributed by atoms with Crippen LogP contribution in [0.2, 0.25) is 0 Å². The van der Waals surface area contributed by atoms with E-state index in [1.54, 1.807) is 19.9 Å². The average molecular weight is 529 g/mol. The monoisotopic (exact) mass is 528 g/mol. The van der Waals surface area contributed by atoms with Crippen LogP contribution >= 0.6 is 0 Å². The average Bonchev–Trinajstić information content (AvgIpc) is 2.71. The van der Waals surface area contributed by atoms with Crippen molar-refractivity contribution in [3.8, 4) is 0 Å². The Morgan fingerprint density at radius 3 is 2.23 bits per heavy atom. The van der Waals surface area contributed by atoms with Gasteiger partial charge in [0.15, 0.2) is 0 Å². The summed E-state index contributed by atoms with van der Waals surface area (Å²) in [5.41, 5.74) is 1.60. The van der Waals surface area contributed by atoms with Gasteiger partial charge in [-0.05, 0) is 55.3 Å². The molecule has 0 saturated heterocycles. The van der Waals surface area contributed by atoms with E-state index in [2.05, 4.69) is 30.8 Å². The van der Waals surface area contributed by atoms with E-state index in [4.69, 9.17) is 4.55 Å². The van der Waals surface area contributed by atoms with Crippen LogP contribution in [0, 0.1) is 25.9 Å². The highest BCUT2D eigenvalue weighted by atomic mass is 32.2. The van der Waals surface area contributed by atoms with Crippen molar-refractivity contribution in [3.05, 3.63) is 59.6 Å². The van der Waals surface area contributed by atoms with Crippen molar-refractivity contribution in [1.82, 2.24) is 9.97 Å². The van der Waals surface area contributed by atoms with Crippen LogP contribution in [-0.4, -0.2) is 41.8 Å². The van der Waals surface area contributed by atoms with E-state index in [1.807, 2.05) is 0 Å². The van der Waals surface area contributed by atoms with E-state index in [1.165, 1.54) is 12.1 Å². The minimum absolute atomic E-state index is 0.126. The highest BCUT2D eigenvalue weighted by Crippen LogP contribution is 2.33. The molecule has 35 heavy (non-hydrogen) atoms. The van der Waals surface area contributed by atoms with Crippen LogP contribution < -0.4 is 10.6 Å². The summed E-state index contributed by atoms with van der Waals surface area (Å²) in [5, 5.41) is 13.1. The number of benzene rings is 2. The lowest BCUT2D eigenvalue weighted by atomic mass is 10.1. The number of aromatic nitrogens is 2. The van der Waals surface area contributed by atoms with E-state index in [9.17, 15) is 30.2 Å². The van der Waals surface area contributed by atoms with E-state index in [0.717, 1.165) is 18.2 Å². The number of hydrogen-bond acceptors (Lipinski definition) is 10. The van der Waals surface area contributed by atoms with Crippen molar-refractivity contribution < 1.29 is 34.7 Å². The summed E-state index contributed by atoms with van der Waals surface area (Å²) in [5.74, 6) is -2.09. The van der Waals surface area contributed by atoms with Crippen molar-refractivity contribution in [2.45, 2.75) is 18.7 Å². The van der Waals surface area contributed by atoms with Gasteiger partial charge in [0.05, 0.1) is 5.69 Å². The summed E-state index contributed by atoms with van der Waals surface area (Å²) in [7, 11) is -8.95. The molecule has 4 N–H and O–H groups in total. The lowest BCUT2D eigenvalue weighted by Gasteiger charge is -2.11. The summed E-state index contributed by atoms with van der Waals surface area (Å²) in [4.78, 5) is 5.67. The largest absolute Gasteiger partial charge is 0.369 e. The van der Waals surface area contributed by atoms with E-state index < -0.39 is 43.0 Å². The molecule has 0 bridgehead atoms. The first-order valence-corrected chi connectivity index (χ1v) is 12.6. The van der Waals surface area contributed by atoms with Crippen molar-refractivity contribution in [2.24, 2.45) is 10.2 Å². The van der Waals surface area contributed by atoms with Crippen molar-refractivity contribution in [1.29, 1.82) is 0 Å². The smallest absolute Gasteiger partial charge is 0.313 e. The summed E-state index contributed by atoms with van der Waals surface area (Å²) >= 11 is 0.